The molecule has 0 bridgehead atoms. The third kappa shape index (κ3) is 4.24. The summed E-state index contributed by atoms with van der Waals surface area (Å²) in [5.74, 6) is 6.15. The molecule has 2 aliphatic rings. The smallest absolute Gasteiger partial charge is 0.284 e. The van der Waals surface area contributed by atoms with Crippen molar-refractivity contribution in [3.8, 4) is 0 Å². The van der Waals surface area contributed by atoms with Crippen LogP contribution in [-0.2, 0) is 14.5 Å². The number of fused-ring (bicyclic) bond motifs is 1. The summed E-state index contributed by atoms with van der Waals surface area (Å²) in [5.41, 5.74) is 0. The minimum atomic E-state index is -0.376. The fourth-order valence-electron chi connectivity index (χ4n) is 2.39. The van der Waals surface area contributed by atoms with Crippen molar-refractivity contribution < 1.29 is 19.2 Å². The second-order valence-corrected chi connectivity index (χ2v) is 4.99. The minimum absolute atomic E-state index is 0.0141. The Morgan fingerprint density at radius 3 is 2.90 bits per heavy atom. The van der Waals surface area contributed by atoms with E-state index in [1.54, 1.807) is 12.1 Å². The molecule has 7 nitrogen and oxygen atoms in total. The Labute approximate surface area is 127 Å². The van der Waals surface area contributed by atoms with Gasteiger partial charge < -0.3 is 10.1 Å². The number of nitrogens with one attached hydrogen (secondary N) is 1. The van der Waals surface area contributed by atoms with Crippen LogP contribution in [0.1, 0.15) is 27.2 Å². The monoisotopic (exact) mass is 301 g/mol. The first-order chi connectivity index (χ1) is 10.1. The van der Waals surface area contributed by atoms with Gasteiger partial charge in [-0.25, -0.2) is 0 Å². The van der Waals surface area contributed by atoms with Crippen molar-refractivity contribution in [1.82, 2.24) is 10.4 Å². The number of hydrogen-bond donors (Lipinski definition) is 2. The van der Waals surface area contributed by atoms with Crippen LogP contribution in [0.3, 0.4) is 0 Å². The lowest BCUT2D eigenvalue weighted by Crippen LogP contribution is -2.81. The fraction of sp³-hybridized carbons (Fsp3) is 0.786. The normalized spacial score (nSPS) is 33.0. The van der Waals surface area contributed by atoms with E-state index in [0.29, 0.717) is 32.7 Å². The van der Waals surface area contributed by atoms with Gasteiger partial charge in [0, 0.05) is 13.6 Å². The number of ether oxygens (including phenoxy) is 1. The third-order valence-electron chi connectivity index (χ3n) is 3.63. The van der Waals surface area contributed by atoms with Gasteiger partial charge in [-0.15, -0.1) is 10.9 Å². The van der Waals surface area contributed by atoms with E-state index < -0.39 is 0 Å². The van der Waals surface area contributed by atoms with Gasteiger partial charge in [-0.3, -0.25) is 4.79 Å². The first-order valence-corrected chi connectivity index (χ1v) is 7.62. The van der Waals surface area contributed by atoms with Crippen molar-refractivity contribution in [2.24, 2.45) is 5.84 Å². The number of allylic oxidation sites excluding steroid dienone is 1. The van der Waals surface area contributed by atoms with Crippen molar-refractivity contribution in [2.75, 3.05) is 33.4 Å². The number of carbonyl (C=O) groups is 1. The fourth-order valence-corrected chi connectivity index (χ4v) is 2.39. The molecular weight excluding hydrogens is 272 g/mol. The van der Waals surface area contributed by atoms with Gasteiger partial charge in [0.15, 0.2) is 6.04 Å². The van der Waals surface area contributed by atoms with E-state index in [1.807, 2.05) is 32.9 Å². The number of likely N-dealkylation sites (N-methyl/N-ethyl adjacent to an activating group) is 1. The number of hydroxylamine groups is 4. The quantitative estimate of drug-likeness (QED) is 0.447. The highest BCUT2D eigenvalue weighted by Crippen LogP contribution is 2.33. The molecule has 122 valence electrons. The maximum absolute atomic E-state index is 12.1. The van der Waals surface area contributed by atoms with E-state index in [-0.39, 0.29) is 22.7 Å². The summed E-state index contributed by atoms with van der Waals surface area (Å²) < 4.78 is 5.30. The summed E-state index contributed by atoms with van der Waals surface area (Å²) in [6, 6.07) is -0.361. The molecule has 2 rings (SSSR count). The van der Waals surface area contributed by atoms with Crippen molar-refractivity contribution in [3.63, 3.8) is 0 Å². The summed E-state index contributed by atoms with van der Waals surface area (Å²) in [4.78, 5) is 17.8. The molecule has 2 aliphatic heterocycles. The molecule has 0 spiro atoms. The third-order valence-corrected chi connectivity index (χ3v) is 3.63. The van der Waals surface area contributed by atoms with Gasteiger partial charge in [0.25, 0.3) is 5.91 Å². The van der Waals surface area contributed by atoms with Crippen LogP contribution in [0.2, 0.25) is 0 Å². The second-order valence-electron chi connectivity index (χ2n) is 4.99. The van der Waals surface area contributed by atoms with Crippen molar-refractivity contribution in [1.29, 1.82) is 0 Å². The number of nitrogens with two attached hydrogens (primary N) is 1. The van der Waals surface area contributed by atoms with E-state index in [2.05, 4.69) is 5.32 Å². The molecule has 0 radical (unpaired) electrons. The molecule has 0 aliphatic carbocycles. The topological polar surface area (TPSA) is 76.8 Å². The Hall–Kier alpha value is -0.990. The van der Waals surface area contributed by atoms with Gasteiger partial charge >= 0.3 is 0 Å². The van der Waals surface area contributed by atoms with Gasteiger partial charge in [0.2, 0.25) is 6.04 Å². The zero-order valence-electron chi connectivity index (χ0n) is 13.5. The molecule has 3 unspecified atom stereocenters. The Kier molecular flexibility index (Phi) is 7.27. The van der Waals surface area contributed by atoms with Crippen molar-refractivity contribution in [2.45, 2.75) is 39.3 Å². The average molecular weight is 301 g/mol. The van der Waals surface area contributed by atoms with E-state index in [9.17, 15) is 4.79 Å². The zero-order valence-corrected chi connectivity index (χ0v) is 13.5. The van der Waals surface area contributed by atoms with Gasteiger partial charge in [-0.1, -0.05) is 35.7 Å². The highest BCUT2D eigenvalue weighted by molar-refractivity contribution is 5.81. The lowest BCUT2D eigenvalue weighted by atomic mass is 9.94. The SMILES string of the molecule is C/C=C/CNC(=O)C1CC2COCCN(C)O[N+]21N.CC. The predicted octanol–water partition coefficient (Wildman–Crippen LogP) is 0.345. The molecule has 3 atom stereocenters. The molecule has 3 N–H and O–H groups in total. The number of carbonyl (C=O) groups excluding carboxylic acids is 1. The van der Waals surface area contributed by atoms with Gasteiger partial charge in [-0.2, -0.15) is 0 Å². The van der Waals surface area contributed by atoms with Crippen LogP contribution < -0.4 is 11.2 Å². The van der Waals surface area contributed by atoms with Crippen molar-refractivity contribution >= 4 is 5.91 Å². The Morgan fingerprint density at radius 2 is 2.24 bits per heavy atom. The summed E-state index contributed by atoms with van der Waals surface area (Å²) in [6.45, 7) is 8.21. The standard InChI is InChI=1S/C12H22N4O3.C2H6/c1-3-4-5-14-12(17)11-8-10-9-18-7-6-15(2)19-16(10,11)13;1-2/h3-4,10-11H,5-9,13H2,1-2H3;1-2H3/p+1/b4-3+;. The maximum atomic E-state index is 12.1. The molecule has 0 aromatic rings. The molecule has 2 heterocycles. The lowest BCUT2D eigenvalue weighted by molar-refractivity contribution is -1.20. The maximum Gasteiger partial charge on any atom is 0.284 e. The molecule has 0 aromatic carbocycles. The van der Waals surface area contributed by atoms with Crippen LogP contribution >= 0.6 is 0 Å². The first-order valence-electron chi connectivity index (χ1n) is 7.62. The molecule has 2 saturated heterocycles. The van der Waals surface area contributed by atoms with Crippen LogP contribution in [0.5, 0.6) is 0 Å². The van der Waals surface area contributed by atoms with Crippen molar-refractivity contribution in [3.05, 3.63) is 12.2 Å². The lowest BCUT2D eigenvalue weighted by Gasteiger charge is -2.50. The number of nitrogens with zero attached hydrogens (tertiary/aromatic N) is 2. The van der Waals surface area contributed by atoms with Gasteiger partial charge in [-0.05, 0) is 6.92 Å². The van der Waals surface area contributed by atoms with Crippen LogP contribution in [0.25, 0.3) is 0 Å². The van der Waals surface area contributed by atoms with Crippen LogP contribution in [-0.4, -0.2) is 61.2 Å². The summed E-state index contributed by atoms with van der Waals surface area (Å²) in [5, 5.41) is 4.47. The number of quaternary nitrogens is 1. The molecule has 1 amide bonds. The molecule has 2 fully saturated rings. The van der Waals surface area contributed by atoms with Gasteiger partial charge in [0.05, 0.1) is 19.6 Å². The summed E-state index contributed by atoms with van der Waals surface area (Å²) >= 11 is 0. The Morgan fingerprint density at radius 1 is 1.52 bits per heavy atom. The number of rotatable bonds is 3. The summed E-state index contributed by atoms with van der Waals surface area (Å²) in [7, 11) is 1.80. The van der Waals surface area contributed by atoms with Crippen LogP contribution in [0.4, 0.5) is 0 Å². The molecular formula is C14H29N4O3+. The molecule has 0 saturated carbocycles. The highest BCUT2D eigenvalue weighted by atomic mass is 16.9. The summed E-state index contributed by atoms with van der Waals surface area (Å²) in [6.07, 6.45) is 4.47. The highest BCUT2D eigenvalue weighted by Gasteiger charge is 2.61. The number of amides is 1. The Bertz CT molecular complexity index is 364. The minimum Gasteiger partial charge on any atom is -0.374 e. The van der Waals surface area contributed by atoms with Gasteiger partial charge in [0.1, 0.15) is 6.61 Å². The Balaban J connectivity index is 0.00000106. The van der Waals surface area contributed by atoms with E-state index in [4.69, 9.17) is 15.5 Å². The largest absolute Gasteiger partial charge is 0.374 e. The molecule has 0 aromatic heterocycles. The number of hydrogen-bond acceptors (Lipinski definition) is 5. The van der Waals surface area contributed by atoms with E-state index in [0.717, 1.165) is 0 Å². The van der Waals surface area contributed by atoms with Crippen LogP contribution in [0, 0.1) is 0 Å². The molecule has 7 heteroatoms. The predicted molar refractivity (Wildman–Crippen MR) is 80.3 cm³/mol. The zero-order chi connectivity index (χ0) is 15.9. The average Bonchev–Trinajstić information content (AvgIpc) is 2.46. The second kappa shape index (κ2) is 8.45. The van der Waals surface area contributed by atoms with Crippen LogP contribution in [0.15, 0.2) is 12.2 Å². The van der Waals surface area contributed by atoms with E-state index >= 15 is 0 Å². The first kappa shape index (κ1) is 18.1. The van der Waals surface area contributed by atoms with E-state index in [1.165, 1.54) is 0 Å². The molecule has 21 heavy (non-hydrogen) atoms.